The Bertz CT molecular complexity index is 337. The average Bonchev–Trinajstić information content (AvgIpc) is 2.80. The van der Waals surface area contributed by atoms with Crippen molar-refractivity contribution in [2.75, 3.05) is 6.54 Å². The van der Waals surface area contributed by atoms with Crippen molar-refractivity contribution in [1.82, 2.24) is 15.1 Å². The Morgan fingerprint density at radius 3 is 2.75 bits per heavy atom. The van der Waals surface area contributed by atoms with Crippen LogP contribution in [0, 0.1) is 11.3 Å². The number of nitrogens with zero attached hydrogens (tertiary/aromatic N) is 2. The van der Waals surface area contributed by atoms with E-state index in [4.69, 9.17) is 0 Å². The van der Waals surface area contributed by atoms with Crippen LogP contribution in [0.1, 0.15) is 38.8 Å². The molecule has 0 atom stereocenters. The number of hydrogen-bond acceptors (Lipinski definition) is 2. The SMILES string of the molecule is CC(C)CC1(CNCc2ccn(C)n2)CC1. The van der Waals surface area contributed by atoms with Gasteiger partial charge in [-0.15, -0.1) is 0 Å². The van der Waals surface area contributed by atoms with Crippen LogP contribution in [-0.2, 0) is 13.6 Å². The molecule has 0 saturated heterocycles. The first-order valence-corrected chi connectivity index (χ1v) is 6.29. The summed E-state index contributed by atoms with van der Waals surface area (Å²) in [5.74, 6) is 0.819. The van der Waals surface area contributed by atoms with Crippen LogP contribution in [0.3, 0.4) is 0 Å². The minimum atomic E-state index is 0.614. The zero-order chi connectivity index (χ0) is 11.6. The van der Waals surface area contributed by atoms with Crippen molar-refractivity contribution in [3.05, 3.63) is 18.0 Å². The summed E-state index contributed by atoms with van der Waals surface area (Å²) in [5, 5.41) is 7.91. The Balaban J connectivity index is 1.72. The van der Waals surface area contributed by atoms with Gasteiger partial charge in [0.15, 0.2) is 0 Å². The van der Waals surface area contributed by atoms with E-state index in [9.17, 15) is 0 Å². The van der Waals surface area contributed by atoms with Crippen LogP contribution in [0.5, 0.6) is 0 Å². The maximum atomic E-state index is 4.37. The van der Waals surface area contributed by atoms with Gasteiger partial charge < -0.3 is 5.32 Å². The summed E-state index contributed by atoms with van der Waals surface area (Å²) in [6.07, 6.45) is 6.17. The quantitative estimate of drug-likeness (QED) is 0.799. The average molecular weight is 221 g/mol. The van der Waals surface area contributed by atoms with Crippen LogP contribution in [0.25, 0.3) is 0 Å². The van der Waals surface area contributed by atoms with Gasteiger partial charge >= 0.3 is 0 Å². The van der Waals surface area contributed by atoms with E-state index in [1.54, 1.807) is 0 Å². The second-order valence-electron chi connectivity index (χ2n) is 5.68. The van der Waals surface area contributed by atoms with Crippen molar-refractivity contribution < 1.29 is 0 Å². The summed E-state index contributed by atoms with van der Waals surface area (Å²) in [5.41, 5.74) is 1.76. The molecular formula is C13H23N3. The maximum Gasteiger partial charge on any atom is 0.0762 e. The highest BCUT2D eigenvalue weighted by Crippen LogP contribution is 2.49. The lowest BCUT2D eigenvalue weighted by Gasteiger charge is -2.17. The van der Waals surface area contributed by atoms with Gasteiger partial charge in [-0.1, -0.05) is 13.8 Å². The van der Waals surface area contributed by atoms with E-state index in [0.717, 1.165) is 24.7 Å². The smallest absolute Gasteiger partial charge is 0.0762 e. The molecule has 90 valence electrons. The standard InChI is InChI=1S/C13H23N3/c1-11(2)8-13(5-6-13)10-14-9-12-4-7-16(3)15-12/h4,7,11,14H,5-6,8-10H2,1-3H3. The molecule has 0 aromatic carbocycles. The van der Waals surface area contributed by atoms with Crippen LogP contribution in [-0.4, -0.2) is 16.3 Å². The largest absolute Gasteiger partial charge is 0.311 e. The molecular weight excluding hydrogens is 198 g/mol. The zero-order valence-electron chi connectivity index (χ0n) is 10.7. The lowest BCUT2D eigenvalue weighted by atomic mass is 9.94. The van der Waals surface area contributed by atoms with E-state index in [1.165, 1.54) is 19.3 Å². The highest BCUT2D eigenvalue weighted by atomic mass is 15.3. The second-order valence-corrected chi connectivity index (χ2v) is 5.68. The molecule has 1 N–H and O–H groups in total. The highest BCUT2D eigenvalue weighted by molar-refractivity contribution is 5.00. The van der Waals surface area contributed by atoms with E-state index < -0.39 is 0 Å². The van der Waals surface area contributed by atoms with Crippen molar-refractivity contribution in [2.24, 2.45) is 18.4 Å². The third kappa shape index (κ3) is 3.08. The Morgan fingerprint density at radius 1 is 1.50 bits per heavy atom. The normalized spacial score (nSPS) is 18.0. The van der Waals surface area contributed by atoms with Gasteiger partial charge in [0.1, 0.15) is 0 Å². The molecule has 1 saturated carbocycles. The van der Waals surface area contributed by atoms with Gasteiger partial charge in [0.25, 0.3) is 0 Å². The van der Waals surface area contributed by atoms with Crippen LogP contribution in [0.2, 0.25) is 0 Å². The minimum absolute atomic E-state index is 0.614. The molecule has 1 aliphatic rings. The fourth-order valence-electron chi connectivity index (χ4n) is 2.51. The Kier molecular flexibility index (Phi) is 3.33. The molecule has 0 radical (unpaired) electrons. The van der Waals surface area contributed by atoms with Gasteiger partial charge in [0.2, 0.25) is 0 Å². The van der Waals surface area contributed by atoms with Gasteiger partial charge in [0, 0.05) is 26.3 Å². The first-order chi connectivity index (χ1) is 7.60. The van der Waals surface area contributed by atoms with E-state index in [2.05, 4.69) is 30.3 Å². The molecule has 3 nitrogen and oxygen atoms in total. The summed E-state index contributed by atoms with van der Waals surface area (Å²) in [6, 6.07) is 2.08. The summed E-state index contributed by atoms with van der Waals surface area (Å²) in [4.78, 5) is 0. The summed E-state index contributed by atoms with van der Waals surface area (Å²) < 4.78 is 1.86. The summed E-state index contributed by atoms with van der Waals surface area (Å²) >= 11 is 0. The van der Waals surface area contributed by atoms with Crippen LogP contribution in [0.4, 0.5) is 0 Å². The van der Waals surface area contributed by atoms with E-state index in [-0.39, 0.29) is 0 Å². The lowest BCUT2D eigenvalue weighted by Crippen LogP contribution is -2.25. The van der Waals surface area contributed by atoms with Gasteiger partial charge in [-0.3, -0.25) is 4.68 Å². The topological polar surface area (TPSA) is 29.9 Å². The Morgan fingerprint density at radius 2 is 2.25 bits per heavy atom. The first-order valence-electron chi connectivity index (χ1n) is 6.29. The molecule has 0 aliphatic heterocycles. The summed E-state index contributed by atoms with van der Waals surface area (Å²) in [6.45, 7) is 6.69. The molecule has 0 unspecified atom stereocenters. The summed E-state index contributed by atoms with van der Waals surface area (Å²) in [7, 11) is 1.96. The Labute approximate surface area is 98.2 Å². The molecule has 1 heterocycles. The van der Waals surface area contributed by atoms with Crippen molar-refractivity contribution in [1.29, 1.82) is 0 Å². The van der Waals surface area contributed by atoms with E-state index in [1.807, 2.05) is 17.9 Å². The van der Waals surface area contributed by atoms with Crippen molar-refractivity contribution in [3.63, 3.8) is 0 Å². The third-order valence-corrected chi connectivity index (χ3v) is 3.37. The van der Waals surface area contributed by atoms with Crippen LogP contribution in [0.15, 0.2) is 12.3 Å². The second kappa shape index (κ2) is 4.58. The molecule has 1 aromatic heterocycles. The molecule has 0 spiro atoms. The Hall–Kier alpha value is -0.830. The fraction of sp³-hybridized carbons (Fsp3) is 0.769. The highest BCUT2D eigenvalue weighted by Gasteiger charge is 2.42. The van der Waals surface area contributed by atoms with Crippen molar-refractivity contribution in [3.8, 4) is 0 Å². The first kappa shape index (κ1) is 11.6. The predicted octanol–water partition coefficient (Wildman–Crippen LogP) is 2.34. The van der Waals surface area contributed by atoms with Gasteiger partial charge in [-0.2, -0.15) is 5.10 Å². The number of hydrogen-bond donors (Lipinski definition) is 1. The minimum Gasteiger partial charge on any atom is -0.311 e. The number of aryl methyl sites for hydroxylation is 1. The van der Waals surface area contributed by atoms with Gasteiger partial charge in [-0.05, 0) is 36.7 Å². The molecule has 2 rings (SSSR count). The van der Waals surface area contributed by atoms with Crippen LogP contribution >= 0.6 is 0 Å². The number of aromatic nitrogens is 2. The fourth-order valence-corrected chi connectivity index (χ4v) is 2.51. The molecule has 16 heavy (non-hydrogen) atoms. The molecule has 0 bridgehead atoms. The lowest BCUT2D eigenvalue weighted by molar-refractivity contribution is 0.365. The molecule has 1 fully saturated rings. The van der Waals surface area contributed by atoms with Crippen LogP contribution < -0.4 is 5.32 Å². The third-order valence-electron chi connectivity index (χ3n) is 3.37. The molecule has 3 heteroatoms. The predicted molar refractivity (Wildman–Crippen MR) is 66.0 cm³/mol. The van der Waals surface area contributed by atoms with Crippen molar-refractivity contribution >= 4 is 0 Å². The van der Waals surface area contributed by atoms with Gasteiger partial charge in [0.05, 0.1) is 5.69 Å². The van der Waals surface area contributed by atoms with Crippen molar-refractivity contribution in [2.45, 2.75) is 39.7 Å². The van der Waals surface area contributed by atoms with E-state index in [0.29, 0.717) is 5.41 Å². The number of nitrogens with one attached hydrogen (secondary N) is 1. The van der Waals surface area contributed by atoms with E-state index >= 15 is 0 Å². The zero-order valence-corrected chi connectivity index (χ0v) is 10.7. The molecule has 0 amide bonds. The van der Waals surface area contributed by atoms with Gasteiger partial charge in [-0.25, -0.2) is 0 Å². The molecule has 1 aromatic rings. The maximum absolute atomic E-state index is 4.37. The molecule has 1 aliphatic carbocycles. The monoisotopic (exact) mass is 221 g/mol. The number of rotatable bonds is 6.